The second-order valence-corrected chi connectivity index (χ2v) is 12.0. The first-order valence-electron chi connectivity index (χ1n) is 7.82. The Morgan fingerprint density at radius 3 is 2.00 bits per heavy atom. The summed E-state index contributed by atoms with van der Waals surface area (Å²) in [7, 11) is 0. The molecule has 0 unspecified atom stereocenters. The van der Waals surface area contributed by atoms with Crippen molar-refractivity contribution in [3.8, 4) is 0 Å². The number of carbonyl (C=O) groups excluding carboxylic acids is 1. The minimum atomic E-state index is -2.34. The Labute approximate surface area is 129 Å². The molecule has 0 saturated carbocycles. The Balaban J connectivity index is 3.20. The number of allylic oxidation sites excluding steroid dienone is 2. The second kappa shape index (κ2) is 7.22. The van der Waals surface area contributed by atoms with Gasteiger partial charge >= 0.3 is 129 Å². The summed E-state index contributed by atoms with van der Waals surface area (Å²) in [6.07, 6.45) is 5.72. The van der Waals surface area contributed by atoms with Gasteiger partial charge in [-0.25, -0.2) is 0 Å². The van der Waals surface area contributed by atoms with Gasteiger partial charge in [0, 0.05) is 0 Å². The fourth-order valence-electron chi connectivity index (χ4n) is 3.00. The molecule has 1 rings (SSSR count). The maximum atomic E-state index is 11.3. The van der Waals surface area contributed by atoms with Crippen LogP contribution in [0.25, 0.3) is 0 Å². The van der Waals surface area contributed by atoms with Gasteiger partial charge in [0.25, 0.3) is 0 Å². The van der Waals surface area contributed by atoms with Crippen LogP contribution in [-0.2, 0) is 15.5 Å². The monoisotopic (exact) mass is 308 g/mol. The van der Waals surface area contributed by atoms with Crippen molar-refractivity contribution < 1.29 is 9.32 Å². The molecule has 2 nitrogen and oxygen atoms in total. The van der Waals surface area contributed by atoms with Crippen LogP contribution in [0.15, 0.2) is 42.2 Å². The SMILES string of the molecule is CCP(CC)(CC)(Cc1ccccc1)O/C(C)=C\C(C)=O. The van der Waals surface area contributed by atoms with Crippen molar-refractivity contribution in [1.82, 2.24) is 0 Å². The molecular weight excluding hydrogens is 279 g/mol. The van der Waals surface area contributed by atoms with Crippen LogP contribution < -0.4 is 0 Å². The van der Waals surface area contributed by atoms with E-state index >= 15 is 0 Å². The zero-order chi connectivity index (χ0) is 16.0. The number of carbonyl (C=O) groups is 1. The molecule has 1 aromatic carbocycles. The van der Waals surface area contributed by atoms with E-state index in [0.29, 0.717) is 0 Å². The van der Waals surface area contributed by atoms with Crippen LogP contribution >= 0.6 is 6.83 Å². The van der Waals surface area contributed by atoms with Gasteiger partial charge < -0.3 is 0 Å². The molecule has 1 aromatic rings. The summed E-state index contributed by atoms with van der Waals surface area (Å²) in [6, 6.07) is 10.6. The predicted molar refractivity (Wildman–Crippen MR) is 94.2 cm³/mol. The normalized spacial score (nSPS) is 14.3. The van der Waals surface area contributed by atoms with E-state index in [1.807, 2.05) is 13.0 Å². The van der Waals surface area contributed by atoms with Crippen LogP contribution in [0, 0.1) is 0 Å². The summed E-state index contributed by atoms with van der Waals surface area (Å²) in [5, 5.41) is 0. The van der Waals surface area contributed by atoms with E-state index in [4.69, 9.17) is 4.52 Å². The molecule has 0 fully saturated rings. The van der Waals surface area contributed by atoms with E-state index in [1.54, 1.807) is 13.0 Å². The Morgan fingerprint density at radius 2 is 1.57 bits per heavy atom. The molecule has 0 spiro atoms. The van der Waals surface area contributed by atoms with Crippen LogP contribution in [0.5, 0.6) is 0 Å². The molecule has 0 aliphatic carbocycles. The van der Waals surface area contributed by atoms with Crippen LogP contribution in [-0.4, -0.2) is 24.3 Å². The molecule has 0 aromatic heterocycles. The first-order valence-corrected chi connectivity index (χ1v) is 10.7. The van der Waals surface area contributed by atoms with E-state index in [9.17, 15) is 4.79 Å². The van der Waals surface area contributed by atoms with Gasteiger partial charge in [-0.05, 0) is 0 Å². The fraction of sp³-hybridized carbons (Fsp3) is 0.500. The molecule has 0 aliphatic heterocycles. The molecule has 0 atom stereocenters. The molecule has 0 aliphatic rings. The molecule has 21 heavy (non-hydrogen) atoms. The summed E-state index contributed by atoms with van der Waals surface area (Å²) >= 11 is 0. The molecule has 118 valence electrons. The molecule has 3 heteroatoms. The number of benzene rings is 1. The first kappa shape index (κ1) is 17.9. The van der Waals surface area contributed by atoms with Gasteiger partial charge in [-0.3, -0.25) is 0 Å². The van der Waals surface area contributed by atoms with E-state index in [1.165, 1.54) is 5.56 Å². The van der Waals surface area contributed by atoms with Gasteiger partial charge in [0.05, 0.1) is 0 Å². The number of hydrogen-bond acceptors (Lipinski definition) is 2. The van der Waals surface area contributed by atoms with Crippen molar-refractivity contribution in [2.24, 2.45) is 0 Å². The number of rotatable bonds is 8. The summed E-state index contributed by atoms with van der Waals surface area (Å²) in [5.41, 5.74) is 1.33. The van der Waals surface area contributed by atoms with Gasteiger partial charge in [0.1, 0.15) is 0 Å². The zero-order valence-corrected chi connectivity index (χ0v) is 15.0. The van der Waals surface area contributed by atoms with Gasteiger partial charge in [0.15, 0.2) is 0 Å². The minimum absolute atomic E-state index is 0.0483. The van der Waals surface area contributed by atoms with Crippen molar-refractivity contribution in [2.75, 3.05) is 18.5 Å². The van der Waals surface area contributed by atoms with Gasteiger partial charge in [-0.1, -0.05) is 0 Å². The third-order valence-electron chi connectivity index (χ3n) is 4.63. The summed E-state index contributed by atoms with van der Waals surface area (Å²) in [6.45, 7) is 7.83. The second-order valence-electron chi connectivity index (χ2n) is 5.91. The van der Waals surface area contributed by atoms with E-state index in [0.717, 1.165) is 30.4 Å². The quantitative estimate of drug-likeness (QED) is 0.374. The van der Waals surface area contributed by atoms with Crippen LogP contribution in [0.3, 0.4) is 0 Å². The van der Waals surface area contributed by atoms with Crippen LogP contribution in [0.2, 0.25) is 0 Å². The van der Waals surface area contributed by atoms with Crippen molar-refractivity contribution in [3.05, 3.63) is 47.7 Å². The third-order valence-corrected chi connectivity index (χ3v) is 11.4. The molecule has 0 saturated heterocycles. The first-order chi connectivity index (χ1) is 9.88. The van der Waals surface area contributed by atoms with Gasteiger partial charge in [-0.2, -0.15) is 0 Å². The predicted octanol–water partition coefficient (Wildman–Crippen LogP) is 5.22. The molecule has 0 amide bonds. The maximum absolute atomic E-state index is 11.3. The van der Waals surface area contributed by atoms with Crippen molar-refractivity contribution in [3.63, 3.8) is 0 Å². The average Bonchev–Trinajstić information content (AvgIpc) is 2.47. The van der Waals surface area contributed by atoms with Gasteiger partial charge in [0.2, 0.25) is 0 Å². The molecule has 0 bridgehead atoms. The van der Waals surface area contributed by atoms with Gasteiger partial charge in [-0.15, -0.1) is 0 Å². The van der Waals surface area contributed by atoms with E-state index < -0.39 is 6.83 Å². The average molecular weight is 308 g/mol. The summed E-state index contributed by atoms with van der Waals surface area (Å²) in [4.78, 5) is 11.3. The van der Waals surface area contributed by atoms with E-state index in [2.05, 4.69) is 45.0 Å². The van der Waals surface area contributed by atoms with Crippen molar-refractivity contribution in [2.45, 2.75) is 40.8 Å². The Bertz CT molecular complexity index is 490. The van der Waals surface area contributed by atoms with E-state index in [-0.39, 0.29) is 5.78 Å². The Morgan fingerprint density at radius 1 is 1.05 bits per heavy atom. The standard InChI is InChI=1S/C18H29O2P/c1-6-21(7-2,8-3,20-17(5)14-16(4)19)15-18-12-10-9-11-13-18/h9-14H,6-8,15H2,1-5H3/b17-14-. The van der Waals surface area contributed by atoms with Crippen LogP contribution in [0.1, 0.15) is 40.2 Å². The number of hydrogen-bond donors (Lipinski definition) is 0. The molecule has 0 radical (unpaired) electrons. The Hall–Kier alpha value is -1.14. The fourth-order valence-corrected chi connectivity index (χ4v) is 7.46. The summed E-state index contributed by atoms with van der Waals surface area (Å²) < 4.78 is 6.56. The molecule has 0 N–H and O–H groups in total. The van der Waals surface area contributed by atoms with Crippen LogP contribution in [0.4, 0.5) is 0 Å². The zero-order valence-electron chi connectivity index (χ0n) is 14.1. The molecule has 0 heterocycles. The molecular formula is C18H29O2P. The summed E-state index contributed by atoms with van der Waals surface area (Å²) in [5.74, 6) is 0.814. The topological polar surface area (TPSA) is 26.3 Å². The van der Waals surface area contributed by atoms with Crippen molar-refractivity contribution in [1.29, 1.82) is 0 Å². The third kappa shape index (κ3) is 4.41. The Kier molecular flexibility index (Phi) is 6.16. The number of ketones is 1. The van der Waals surface area contributed by atoms with Crippen molar-refractivity contribution >= 4 is 12.6 Å².